The third-order valence-electron chi connectivity index (χ3n) is 10.2. The molecule has 326 valence electrons. The van der Waals surface area contributed by atoms with Crippen LogP contribution in [-0.2, 0) is 38.4 Å². The summed E-state index contributed by atoms with van der Waals surface area (Å²) in [6.07, 6.45) is 5.74. The molecule has 2 heterocycles. The van der Waals surface area contributed by atoms with Crippen molar-refractivity contribution in [3.63, 3.8) is 0 Å². The summed E-state index contributed by atoms with van der Waals surface area (Å²) >= 11 is 0. The number of rotatable bonds is 30. The van der Waals surface area contributed by atoms with Gasteiger partial charge < -0.3 is 36.6 Å². The minimum atomic E-state index is -1.45. The van der Waals surface area contributed by atoms with Crippen LogP contribution in [0.1, 0.15) is 118 Å². The van der Waals surface area contributed by atoms with Gasteiger partial charge in [0.15, 0.2) is 0 Å². The first-order valence-corrected chi connectivity index (χ1v) is 20.7. The zero-order chi connectivity index (χ0) is 43.2. The third kappa shape index (κ3) is 18.0. The molecule has 7 N–H and O–H groups in total. The highest BCUT2D eigenvalue weighted by Gasteiger charge is 2.33. The summed E-state index contributed by atoms with van der Waals surface area (Å²) in [5.41, 5.74) is 0.866. The molecule has 0 saturated heterocycles. The fourth-order valence-electron chi connectivity index (χ4n) is 6.67. The number of aliphatic hydroxyl groups is 3. The second kappa shape index (κ2) is 26.5. The van der Waals surface area contributed by atoms with Crippen molar-refractivity contribution in [1.29, 1.82) is 0 Å². The van der Waals surface area contributed by atoms with Crippen LogP contribution in [0.2, 0.25) is 0 Å². The van der Waals surface area contributed by atoms with Crippen molar-refractivity contribution in [2.75, 3.05) is 39.3 Å². The van der Waals surface area contributed by atoms with Crippen molar-refractivity contribution in [3.8, 4) is 0 Å². The van der Waals surface area contributed by atoms with E-state index in [1.54, 1.807) is 13.8 Å². The van der Waals surface area contributed by atoms with Crippen LogP contribution in [0, 0.1) is 11.8 Å². The molecule has 58 heavy (non-hydrogen) atoms. The van der Waals surface area contributed by atoms with E-state index in [2.05, 4.69) is 21.3 Å². The number of amides is 8. The molecule has 0 aromatic rings. The summed E-state index contributed by atoms with van der Waals surface area (Å²) in [5, 5.41) is 42.7. The second-order valence-electron chi connectivity index (χ2n) is 15.4. The number of hydrogen-bond donors (Lipinski definition) is 7. The number of imide groups is 2. The van der Waals surface area contributed by atoms with Crippen LogP contribution in [-0.4, -0.2) is 130 Å². The van der Waals surface area contributed by atoms with Gasteiger partial charge in [-0.3, -0.25) is 48.2 Å². The molecule has 8 amide bonds. The van der Waals surface area contributed by atoms with Crippen molar-refractivity contribution in [2.45, 2.75) is 136 Å². The maximum atomic E-state index is 13.0. The van der Waals surface area contributed by atoms with Crippen LogP contribution >= 0.6 is 0 Å². The molecule has 0 aromatic carbocycles. The molecule has 0 spiro atoms. The van der Waals surface area contributed by atoms with Crippen molar-refractivity contribution in [1.82, 2.24) is 31.1 Å². The minimum Gasteiger partial charge on any atom is -0.393 e. The Morgan fingerprint density at radius 2 is 0.983 bits per heavy atom. The van der Waals surface area contributed by atoms with Gasteiger partial charge in [-0.15, -0.1) is 0 Å². The van der Waals surface area contributed by atoms with Gasteiger partial charge >= 0.3 is 0 Å². The molecule has 17 nitrogen and oxygen atoms in total. The maximum Gasteiger partial charge on any atom is 0.256 e. The fourth-order valence-corrected chi connectivity index (χ4v) is 6.67. The molecule has 0 aromatic heterocycles. The van der Waals surface area contributed by atoms with E-state index in [0.29, 0.717) is 127 Å². The van der Waals surface area contributed by atoms with Gasteiger partial charge in [0.25, 0.3) is 23.6 Å². The molecule has 0 bridgehead atoms. The first kappa shape index (κ1) is 49.7. The van der Waals surface area contributed by atoms with Crippen molar-refractivity contribution in [3.05, 3.63) is 23.3 Å². The molecule has 5 unspecified atom stereocenters. The normalized spacial score (nSPS) is 16.7. The molecular formula is C41H66N6O11. The topological polar surface area (TPSA) is 252 Å². The molecule has 2 rings (SSSR count). The van der Waals surface area contributed by atoms with E-state index in [1.165, 1.54) is 35.8 Å². The smallest absolute Gasteiger partial charge is 0.256 e. The lowest BCUT2D eigenvalue weighted by atomic mass is 9.88. The van der Waals surface area contributed by atoms with Gasteiger partial charge in [-0.2, -0.15) is 0 Å². The number of aliphatic hydroxyl groups excluding tert-OH is 3. The summed E-state index contributed by atoms with van der Waals surface area (Å²) in [4.78, 5) is 99.7. The summed E-state index contributed by atoms with van der Waals surface area (Å²) in [6.45, 7) is 8.33. The van der Waals surface area contributed by atoms with Crippen LogP contribution < -0.4 is 21.3 Å². The minimum absolute atomic E-state index is 0.0463. The lowest BCUT2D eigenvalue weighted by Crippen LogP contribution is -2.44. The largest absolute Gasteiger partial charge is 0.393 e. The Morgan fingerprint density at radius 1 is 0.569 bits per heavy atom. The van der Waals surface area contributed by atoms with Gasteiger partial charge in [-0.05, 0) is 85.0 Å². The highest BCUT2D eigenvalue weighted by Crippen LogP contribution is 2.20. The Balaban J connectivity index is 1.54. The average Bonchev–Trinajstić information content (AvgIpc) is 3.57. The molecule has 0 fully saturated rings. The number of carbonyl (C=O) groups excluding carboxylic acids is 8. The molecule has 2 aliphatic heterocycles. The molecule has 0 radical (unpaired) electrons. The Bertz CT molecular complexity index is 1500. The molecule has 0 saturated carbocycles. The summed E-state index contributed by atoms with van der Waals surface area (Å²) < 4.78 is 0. The molecule has 2 aliphatic rings. The quantitative estimate of drug-likeness (QED) is 0.0396. The van der Waals surface area contributed by atoms with Crippen LogP contribution in [0.25, 0.3) is 0 Å². The zero-order valence-electron chi connectivity index (χ0n) is 34.7. The fraction of sp³-hybridized carbons (Fsp3) is 0.707. The Morgan fingerprint density at radius 3 is 1.38 bits per heavy atom. The number of nitrogens with zero attached hydrogens (tertiary/aromatic N) is 2. The van der Waals surface area contributed by atoms with Crippen LogP contribution in [0.3, 0.4) is 0 Å². The lowest BCUT2D eigenvalue weighted by Gasteiger charge is -2.27. The lowest BCUT2D eigenvalue weighted by molar-refractivity contribution is -0.138. The highest BCUT2D eigenvalue weighted by molar-refractivity contribution is 6.16. The van der Waals surface area contributed by atoms with E-state index in [1.807, 2.05) is 0 Å². The van der Waals surface area contributed by atoms with E-state index in [0.717, 1.165) is 0 Å². The van der Waals surface area contributed by atoms with Crippen molar-refractivity contribution < 1.29 is 53.7 Å². The number of unbranched alkanes of at least 4 members (excludes halogenated alkanes) is 6. The highest BCUT2D eigenvalue weighted by atomic mass is 16.3. The van der Waals surface area contributed by atoms with Gasteiger partial charge in [0, 0.05) is 81.3 Å². The monoisotopic (exact) mass is 818 g/mol. The molecule has 5 atom stereocenters. The van der Waals surface area contributed by atoms with Crippen LogP contribution in [0.15, 0.2) is 23.3 Å². The van der Waals surface area contributed by atoms with E-state index < -0.39 is 42.0 Å². The predicted octanol–water partition coefficient (Wildman–Crippen LogP) is 0.898. The van der Waals surface area contributed by atoms with Gasteiger partial charge in [0.05, 0.1) is 24.2 Å². The molecular weight excluding hydrogens is 752 g/mol. The van der Waals surface area contributed by atoms with E-state index in [9.17, 15) is 53.7 Å². The molecule has 17 heteroatoms. The maximum absolute atomic E-state index is 13.0. The average molecular weight is 819 g/mol. The Kier molecular flexibility index (Phi) is 22.7. The number of nitrogens with one attached hydrogen (secondary N) is 4. The molecule has 0 aliphatic carbocycles. The van der Waals surface area contributed by atoms with Gasteiger partial charge in [-0.25, -0.2) is 0 Å². The van der Waals surface area contributed by atoms with E-state index in [-0.39, 0.29) is 48.3 Å². The van der Waals surface area contributed by atoms with Crippen LogP contribution in [0.5, 0.6) is 0 Å². The van der Waals surface area contributed by atoms with Crippen molar-refractivity contribution >= 4 is 47.3 Å². The van der Waals surface area contributed by atoms with Gasteiger partial charge in [0.1, 0.15) is 0 Å². The standard InChI is InChI=1S/C41H66N6O11/c1-27-23-35(52)46(40(27)57)21-13-5-7-15-33(50)42-17-9-11-19-44-38(55)30(4)37(54)32(49)26-31(25-29(3)48)39(56)45-20-12-10-18-43-34(51)16-8-6-14-22-47-36(53)24-28(2)41(47)58/h23-24,29-32,37,48-49,54H,5-22,25-26H2,1-4H3,(H,42,50)(H,43,51)(H,44,55)(H,45,56). The Hall–Kier alpha value is -4.48. The van der Waals surface area contributed by atoms with E-state index >= 15 is 0 Å². The second-order valence-corrected chi connectivity index (χ2v) is 15.4. The number of carbonyl (C=O) groups is 8. The predicted molar refractivity (Wildman–Crippen MR) is 214 cm³/mol. The third-order valence-corrected chi connectivity index (χ3v) is 10.2. The Labute approximate surface area is 341 Å². The first-order chi connectivity index (χ1) is 27.5. The first-order valence-electron chi connectivity index (χ1n) is 20.7. The van der Waals surface area contributed by atoms with Gasteiger partial charge in [0.2, 0.25) is 23.6 Å². The summed E-state index contributed by atoms with van der Waals surface area (Å²) in [6, 6.07) is 0. The van der Waals surface area contributed by atoms with E-state index in [4.69, 9.17) is 0 Å². The zero-order valence-corrected chi connectivity index (χ0v) is 34.7. The van der Waals surface area contributed by atoms with Gasteiger partial charge in [-0.1, -0.05) is 19.8 Å². The summed E-state index contributed by atoms with van der Waals surface area (Å²) in [5.74, 6) is -4.00. The van der Waals surface area contributed by atoms with Crippen molar-refractivity contribution in [2.24, 2.45) is 11.8 Å². The number of hydrogen-bond acceptors (Lipinski definition) is 11. The van der Waals surface area contributed by atoms with Crippen LogP contribution in [0.4, 0.5) is 0 Å². The summed E-state index contributed by atoms with van der Waals surface area (Å²) in [7, 11) is 0. The SMILES string of the molecule is CC1=CC(=O)N(CCCCCC(=O)NCCCCNC(=O)C(CC(C)O)CC(O)C(O)C(C)C(=O)NCCCCNC(=O)CCCCCN2C(=O)C=C(C)C2=O)C1=O.